The van der Waals surface area contributed by atoms with Crippen LogP contribution in [0.25, 0.3) is 0 Å². The summed E-state index contributed by atoms with van der Waals surface area (Å²) in [5.74, 6) is -0.349. The first-order valence-corrected chi connectivity index (χ1v) is 10.6. The Bertz CT molecular complexity index is 1010. The van der Waals surface area contributed by atoms with Gasteiger partial charge in [-0.1, -0.05) is 23.9 Å². The van der Waals surface area contributed by atoms with Crippen LogP contribution in [0, 0.1) is 18.8 Å². The average molecular weight is 406 g/mol. The van der Waals surface area contributed by atoms with Gasteiger partial charge in [0.15, 0.2) is 0 Å². The molecule has 1 saturated heterocycles. The lowest BCUT2D eigenvalue weighted by atomic mass is 10.2. The molecule has 1 aliphatic heterocycles. The highest BCUT2D eigenvalue weighted by atomic mass is 32.2. The number of hydrogen-bond donors (Lipinski definition) is 1. The summed E-state index contributed by atoms with van der Waals surface area (Å²) in [5.41, 5.74) is 2.11. The van der Waals surface area contributed by atoms with Gasteiger partial charge < -0.3 is 5.32 Å². The summed E-state index contributed by atoms with van der Waals surface area (Å²) in [6.45, 7) is 4.11. The van der Waals surface area contributed by atoms with Crippen LogP contribution in [0.15, 0.2) is 56.3 Å². The first kappa shape index (κ1) is 19.5. The summed E-state index contributed by atoms with van der Waals surface area (Å²) in [6, 6.07) is 10.3. The van der Waals surface area contributed by atoms with E-state index in [4.69, 9.17) is 0 Å². The second kappa shape index (κ2) is 7.79. The van der Waals surface area contributed by atoms with E-state index in [1.807, 2.05) is 32.0 Å². The summed E-state index contributed by atoms with van der Waals surface area (Å²) in [7, 11) is -3.95. The van der Waals surface area contributed by atoms with E-state index in [-0.39, 0.29) is 36.1 Å². The maximum Gasteiger partial charge on any atom is 0.244 e. The molecular weight excluding hydrogens is 386 g/mol. The van der Waals surface area contributed by atoms with Crippen molar-refractivity contribution in [3.63, 3.8) is 0 Å². The third-order valence-corrected chi connectivity index (χ3v) is 7.47. The molecule has 0 saturated carbocycles. The van der Waals surface area contributed by atoms with Crippen molar-refractivity contribution in [3.05, 3.63) is 52.4 Å². The van der Waals surface area contributed by atoms with Crippen LogP contribution < -0.4 is 5.32 Å². The van der Waals surface area contributed by atoms with Crippen LogP contribution in [0.2, 0.25) is 0 Å². The van der Waals surface area contributed by atoms with E-state index < -0.39 is 10.0 Å². The Morgan fingerprint density at radius 1 is 1.11 bits per heavy atom. The molecule has 0 atom stereocenters. The van der Waals surface area contributed by atoms with Gasteiger partial charge in [0, 0.05) is 22.9 Å². The summed E-state index contributed by atoms with van der Waals surface area (Å²) in [6.07, 6.45) is 0. The molecule has 0 spiro atoms. The van der Waals surface area contributed by atoms with Crippen LogP contribution in [0.1, 0.15) is 11.1 Å². The molecule has 1 amide bonds. The number of nitrogens with zero attached hydrogens (tertiary/aromatic N) is 2. The molecule has 27 heavy (non-hydrogen) atoms. The Hall–Kier alpha value is -2.23. The molecule has 2 aromatic carbocycles. The molecule has 0 aromatic heterocycles. The predicted molar refractivity (Wildman–Crippen MR) is 104 cm³/mol. The van der Waals surface area contributed by atoms with Gasteiger partial charge in [-0.15, -0.1) is 4.91 Å². The first-order chi connectivity index (χ1) is 12.8. The Balaban J connectivity index is 2.06. The van der Waals surface area contributed by atoms with E-state index >= 15 is 0 Å². The fourth-order valence-electron chi connectivity index (χ4n) is 2.73. The number of hydrogen-bond acceptors (Lipinski definition) is 6. The zero-order valence-electron chi connectivity index (χ0n) is 14.9. The van der Waals surface area contributed by atoms with E-state index in [1.165, 1.54) is 23.9 Å². The number of piperazine rings is 1. The molecule has 9 heteroatoms. The van der Waals surface area contributed by atoms with Crippen LogP contribution in [-0.4, -0.2) is 38.3 Å². The van der Waals surface area contributed by atoms with E-state index in [0.717, 1.165) is 20.3 Å². The van der Waals surface area contributed by atoms with Gasteiger partial charge in [0.1, 0.15) is 5.69 Å². The van der Waals surface area contributed by atoms with Gasteiger partial charge in [-0.25, -0.2) is 8.42 Å². The highest BCUT2D eigenvalue weighted by Gasteiger charge is 2.31. The minimum Gasteiger partial charge on any atom is -0.354 e. The largest absolute Gasteiger partial charge is 0.354 e. The molecular formula is C18H19N3O4S2. The normalized spacial score (nSPS) is 15.4. The van der Waals surface area contributed by atoms with Crippen LogP contribution in [0.5, 0.6) is 0 Å². The van der Waals surface area contributed by atoms with Crippen LogP contribution in [0.3, 0.4) is 0 Å². The predicted octanol–water partition coefficient (Wildman–Crippen LogP) is 2.97. The maximum atomic E-state index is 13.2. The SMILES string of the molecule is Cc1ccc(C)c(Sc2ccc(N=O)cc2S(=O)(=O)N2CCNC(=O)C2)c1. The Morgan fingerprint density at radius 3 is 2.59 bits per heavy atom. The van der Waals surface area contributed by atoms with E-state index in [1.54, 1.807) is 6.07 Å². The van der Waals surface area contributed by atoms with Gasteiger partial charge in [0.25, 0.3) is 0 Å². The third-order valence-electron chi connectivity index (χ3n) is 4.22. The first-order valence-electron chi connectivity index (χ1n) is 8.30. The zero-order valence-corrected chi connectivity index (χ0v) is 16.6. The van der Waals surface area contributed by atoms with Crippen LogP contribution in [-0.2, 0) is 14.8 Å². The minimum absolute atomic E-state index is 0.0137. The second-order valence-electron chi connectivity index (χ2n) is 6.28. The van der Waals surface area contributed by atoms with Crippen molar-refractivity contribution in [1.82, 2.24) is 9.62 Å². The van der Waals surface area contributed by atoms with Gasteiger partial charge in [-0.05, 0) is 54.4 Å². The molecule has 2 aromatic rings. The molecule has 7 nitrogen and oxygen atoms in total. The number of benzene rings is 2. The number of carbonyl (C=O) groups excluding carboxylic acids is 1. The number of nitrogens with one attached hydrogen (secondary N) is 1. The zero-order chi connectivity index (χ0) is 19.6. The Labute approximate surface area is 162 Å². The lowest BCUT2D eigenvalue weighted by Crippen LogP contribution is -2.49. The average Bonchev–Trinajstić information content (AvgIpc) is 2.65. The summed E-state index contributed by atoms with van der Waals surface area (Å²) < 4.78 is 27.4. The molecule has 3 rings (SSSR count). The molecule has 142 valence electrons. The number of amides is 1. The van der Waals surface area contributed by atoms with Crippen LogP contribution in [0.4, 0.5) is 5.69 Å². The van der Waals surface area contributed by atoms with Crippen molar-refractivity contribution in [3.8, 4) is 0 Å². The number of rotatable bonds is 5. The molecule has 0 bridgehead atoms. The topological polar surface area (TPSA) is 95.9 Å². The third kappa shape index (κ3) is 4.20. The number of aryl methyl sites for hydroxylation is 2. The smallest absolute Gasteiger partial charge is 0.244 e. The molecule has 1 N–H and O–H groups in total. The van der Waals surface area contributed by atoms with Crippen molar-refractivity contribution in [1.29, 1.82) is 0 Å². The summed E-state index contributed by atoms with van der Waals surface area (Å²) in [4.78, 5) is 24.0. The van der Waals surface area contributed by atoms with Crippen molar-refractivity contribution in [2.45, 2.75) is 28.5 Å². The van der Waals surface area contributed by atoms with Gasteiger partial charge in [0.05, 0.1) is 11.4 Å². The van der Waals surface area contributed by atoms with Crippen molar-refractivity contribution in [2.24, 2.45) is 5.18 Å². The molecule has 0 aliphatic carbocycles. The van der Waals surface area contributed by atoms with E-state index in [9.17, 15) is 18.1 Å². The van der Waals surface area contributed by atoms with Crippen LogP contribution >= 0.6 is 11.8 Å². The fraction of sp³-hybridized carbons (Fsp3) is 0.278. The van der Waals surface area contributed by atoms with E-state index in [0.29, 0.717) is 4.90 Å². The Kier molecular flexibility index (Phi) is 5.64. The minimum atomic E-state index is -3.95. The highest BCUT2D eigenvalue weighted by molar-refractivity contribution is 8.00. The molecule has 0 radical (unpaired) electrons. The quantitative estimate of drug-likeness (QED) is 0.772. The summed E-state index contributed by atoms with van der Waals surface area (Å²) in [5, 5.41) is 5.47. The lowest BCUT2D eigenvalue weighted by Gasteiger charge is -2.26. The number of nitroso groups, excluding NO2 is 1. The molecule has 1 fully saturated rings. The van der Waals surface area contributed by atoms with Gasteiger partial charge >= 0.3 is 0 Å². The fourth-order valence-corrected chi connectivity index (χ4v) is 5.67. The van der Waals surface area contributed by atoms with E-state index in [2.05, 4.69) is 10.5 Å². The lowest BCUT2D eigenvalue weighted by molar-refractivity contribution is -0.122. The maximum absolute atomic E-state index is 13.2. The van der Waals surface area contributed by atoms with Crippen molar-refractivity contribution in [2.75, 3.05) is 19.6 Å². The van der Waals surface area contributed by atoms with Crippen molar-refractivity contribution >= 4 is 33.4 Å². The van der Waals surface area contributed by atoms with Gasteiger partial charge in [-0.3, -0.25) is 4.79 Å². The second-order valence-corrected chi connectivity index (χ2v) is 9.27. The standard InChI is InChI=1S/C18H19N3O4S2/c1-12-3-4-13(2)16(9-12)26-15-6-5-14(20-23)10-17(15)27(24,25)21-8-7-19-18(22)11-21/h3-6,9-10H,7-8,11H2,1-2H3,(H,19,22). The van der Waals surface area contributed by atoms with Crippen molar-refractivity contribution < 1.29 is 13.2 Å². The molecule has 1 heterocycles. The number of carbonyl (C=O) groups is 1. The Morgan fingerprint density at radius 2 is 1.89 bits per heavy atom. The molecule has 0 unspecified atom stereocenters. The highest BCUT2D eigenvalue weighted by Crippen LogP contribution is 2.38. The summed E-state index contributed by atoms with van der Waals surface area (Å²) >= 11 is 1.32. The number of sulfonamides is 1. The molecule has 1 aliphatic rings. The van der Waals surface area contributed by atoms with Gasteiger partial charge in [-0.2, -0.15) is 4.31 Å². The van der Waals surface area contributed by atoms with Gasteiger partial charge in [0.2, 0.25) is 15.9 Å². The monoisotopic (exact) mass is 405 g/mol.